The summed E-state index contributed by atoms with van der Waals surface area (Å²) >= 11 is 0. The third-order valence-electron chi connectivity index (χ3n) is 4.47. The number of hydrogen-bond donors (Lipinski definition) is 2. The van der Waals surface area contributed by atoms with Crippen molar-refractivity contribution in [3.63, 3.8) is 0 Å². The van der Waals surface area contributed by atoms with Gasteiger partial charge in [0.25, 0.3) is 5.91 Å². The van der Waals surface area contributed by atoms with Crippen molar-refractivity contribution < 1.29 is 22.7 Å². The summed E-state index contributed by atoms with van der Waals surface area (Å²) in [5, 5.41) is 2.68. The van der Waals surface area contributed by atoms with E-state index in [-0.39, 0.29) is 23.5 Å². The van der Waals surface area contributed by atoms with Crippen LogP contribution in [0.25, 0.3) is 0 Å². The molecule has 2 amide bonds. The lowest BCUT2D eigenvalue weighted by Gasteiger charge is -2.26. The molecule has 9 heteroatoms. The van der Waals surface area contributed by atoms with Crippen LogP contribution in [0.5, 0.6) is 0 Å². The number of carbonyl (C=O) groups excluding carboxylic acids is 2. The summed E-state index contributed by atoms with van der Waals surface area (Å²) in [7, 11) is -3.82. The molecule has 0 spiro atoms. The van der Waals surface area contributed by atoms with Crippen molar-refractivity contribution in [3.8, 4) is 0 Å². The van der Waals surface area contributed by atoms with Crippen LogP contribution in [0.3, 0.4) is 0 Å². The maximum atomic E-state index is 13.0. The van der Waals surface area contributed by atoms with Gasteiger partial charge in [-0.1, -0.05) is 12.1 Å². The molecule has 1 saturated heterocycles. The van der Waals surface area contributed by atoms with Gasteiger partial charge in [0.2, 0.25) is 15.9 Å². The van der Waals surface area contributed by atoms with Crippen molar-refractivity contribution in [2.45, 2.75) is 11.8 Å². The van der Waals surface area contributed by atoms with Crippen LogP contribution in [0.4, 0.5) is 5.69 Å². The first-order valence-corrected chi connectivity index (χ1v) is 10.1. The first kappa shape index (κ1) is 20.0. The van der Waals surface area contributed by atoms with Gasteiger partial charge in [0.1, 0.15) is 0 Å². The van der Waals surface area contributed by atoms with Gasteiger partial charge in [0, 0.05) is 24.3 Å². The molecule has 1 aliphatic heterocycles. The fourth-order valence-electron chi connectivity index (χ4n) is 3.02. The highest BCUT2D eigenvalue weighted by atomic mass is 32.2. The number of sulfonamides is 1. The van der Waals surface area contributed by atoms with Gasteiger partial charge in [-0.3, -0.25) is 9.59 Å². The van der Waals surface area contributed by atoms with Crippen molar-refractivity contribution in [2.24, 2.45) is 5.73 Å². The number of benzene rings is 2. The number of aryl methyl sites for hydroxylation is 1. The molecule has 3 rings (SSSR count). The summed E-state index contributed by atoms with van der Waals surface area (Å²) < 4.78 is 32.5. The normalized spacial score (nSPS) is 15.2. The predicted molar refractivity (Wildman–Crippen MR) is 104 cm³/mol. The van der Waals surface area contributed by atoms with Gasteiger partial charge in [0.05, 0.1) is 23.7 Å². The second-order valence-corrected chi connectivity index (χ2v) is 8.27. The number of ether oxygens (including phenoxy) is 1. The Morgan fingerprint density at radius 2 is 1.75 bits per heavy atom. The predicted octanol–water partition coefficient (Wildman–Crippen LogP) is 1.37. The highest BCUT2D eigenvalue weighted by Crippen LogP contribution is 2.23. The van der Waals surface area contributed by atoms with E-state index in [2.05, 4.69) is 5.32 Å². The Balaban J connectivity index is 1.89. The van der Waals surface area contributed by atoms with Crippen LogP contribution in [0.1, 0.15) is 26.3 Å². The number of anilines is 1. The summed E-state index contributed by atoms with van der Waals surface area (Å²) in [6.07, 6.45) is 0. The summed E-state index contributed by atoms with van der Waals surface area (Å²) in [5.74, 6) is -1.11. The Labute approximate surface area is 163 Å². The van der Waals surface area contributed by atoms with E-state index in [0.29, 0.717) is 30.0 Å². The quantitative estimate of drug-likeness (QED) is 0.781. The van der Waals surface area contributed by atoms with E-state index >= 15 is 0 Å². The van der Waals surface area contributed by atoms with Crippen molar-refractivity contribution in [3.05, 3.63) is 59.2 Å². The zero-order valence-electron chi connectivity index (χ0n) is 15.3. The lowest BCUT2D eigenvalue weighted by atomic mass is 10.1. The van der Waals surface area contributed by atoms with Gasteiger partial charge in [-0.25, -0.2) is 8.42 Å². The number of nitrogens with two attached hydrogens (primary N) is 1. The standard InChI is InChI=1S/C19H21N3O5S/c1-13-12-14(6-7-15(13)18(20)23)21-19(24)16-4-2-3-5-17(16)28(25,26)22-8-10-27-11-9-22/h2-7,12H,8-11H2,1H3,(H2,20,23)(H,21,24). The number of hydrogen-bond acceptors (Lipinski definition) is 5. The van der Waals surface area contributed by atoms with E-state index in [1.165, 1.54) is 22.5 Å². The molecule has 1 aliphatic rings. The van der Waals surface area contributed by atoms with E-state index < -0.39 is 21.8 Å². The lowest BCUT2D eigenvalue weighted by Crippen LogP contribution is -2.41. The molecule has 2 aromatic carbocycles. The summed E-state index contributed by atoms with van der Waals surface area (Å²) in [5.41, 5.74) is 6.74. The monoisotopic (exact) mass is 403 g/mol. The van der Waals surface area contributed by atoms with Gasteiger partial charge in [0.15, 0.2) is 0 Å². The first-order valence-electron chi connectivity index (χ1n) is 8.69. The van der Waals surface area contributed by atoms with Crippen LogP contribution in [0.2, 0.25) is 0 Å². The van der Waals surface area contributed by atoms with E-state index in [1.807, 2.05) is 0 Å². The Bertz CT molecular complexity index is 1010. The molecule has 0 radical (unpaired) electrons. The van der Waals surface area contributed by atoms with Crippen LogP contribution in [0.15, 0.2) is 47.4 Å². The van der Waals surface area contributed by atoms with Crippen molar-refractivity contribution in [1.82, 2.24) is 4.31 Å². The Kier molecular flexibility index (Phi) is 5.78. The molecule has 1 fully saturated rings. The lowest BCUT2D eigenvalue weighted by molar-refractivity contribution is 0.0730. The number of amides is 2. The fraction of sp³-hybridized carbons (Fsp3) is 0.263. The van der Waals surface area contributed by atoms with Gasteiger partial charge in [-0.05, 0) is 42.8 Å². The number of nitrogens with one attached hydrogen (secondary N) is 1. The van der Waals surface area contributed by atoms with E-state index in [4.69, 9.17) is 10.5 Å². The molecule has 2 aromatic rings. The van der Waals surface area contributed by atoms with E-state index in [0.717, 1.165) is 0 Å². The van der Waals surface area contributed by atoms with Crippen LogP contribution < -0.4 is 11.1 Å². The molecule has 8 nitrogen and oxygen atoms in total. The maximum Gasteiger partial charge on any atom is 0.257 e. The van der Waals surface area contributed by atoms with Crippen LogP contribution >= 0.6 is 0 Å². The minimum atomic E-state index is -3.82. The third kappa shape index (κ3) is 4.06. The molecule has 0 aliphatic carbocycles. The molecular formula is C19H21N3O5S. The SMILES string of the molecule is Cc1cc(NC(=O)c2ccccc2S(=O)(=O)N2CCOCC2)ccc1C(N)=O. The van der Waals surface area contributed by atoms with Crippen LogP contribution in [-0.2, 0) is 14.8 Å². The van der Waals surface area contributed by atoms with Crippen LogP contribution in [0, 0.1) is 6.92 Å². The molecule has 0 bridgehead atoms. The first-order chi connectivity index (χ1) is 13.3. The smallest absolute Gasteiger partial charge is 0.257 e. The highest BCUT2D eigenvalue weighted by molar-refractivity contribution is 7.89. The van der Waals surface area contributed by atoms with Crippen molar-refractivity contribution in [1.29, 1.82) is 0 Å². The Morgan fingerprint density at radius 3 is 2.39 bits per heavy atom. The number of carbonyl (C=O) groups is 2. The molecular weight excluding hydrogens is 382 g/mol. The summed E-state index contributed by atoms with van der Waals surface area (Å²) in [6, 6.07) is 10.7. The molecule has 0 unspecified atom stereocenters. The van der Waals surface area contributed by atoms with Crippen molar-refractivity contribution in [2.75, 3.05) is 31.6 Å². The van der Waals surface area contributed by atoms with Crippen molar-refractivity contribution >= 4 is 27.5 Å². The van der Waals surface area contributed by atoms with Gasteiger partial charge < -0.3 is 15.8 Å². The zero-order chi connectivity index (χ0) is 20.3. The molecule has 0 saturated carbocycles. The molecule has 0 atom stereocenters. The number of nitrogens with zero attached hydrogens (tertiary/aromatic N) is 1. The largest absolute Gasteiger partial charge is 0.379 e. The molecule has 3 N–H and O–H groups in total. The number of primary amides is 1. The van der Waals surface area contributed by atoms with E-state index in [9.17, 15) is 18.0 Å². The molecule has 28 heavy (non-hydrogen) atoms. The molecule has 148 valence electrons. The average molecular weight is 403 g/mol. The minimum absolute atomic E-state index is 0.0469. The zero-order valence-corrected chi connectivity index (χ0v) is 16.2. The topological polar surface area (TPSA) is 119 Å². The number of rotatable bonds is 5. The molecule has 0 aromatic heterocycles. The Morgan fingerprint density at radius 1 is 1.07 bits per heavy atom. The highest BCUT2D eigenvalue weighted by Gasteiger charge is 2.30. The second-order valence-electron chi connectivity index (χ2n) is 6.36. The molecule has 1 heterocycles. The summed E-state index contributed by atoms with van der Waals surface area (Å²) in [6.45, 7) is 2.82. The van der Waals surface area contributed by atoms with Gasteiger partial charge >= 0.3 is 0 Å². The summed E-state index contributed by atoms with van der Waals surface area (Å²) in [4.78, 5) is 24.1. The average Bonchev–Trinajstić information content (AvgIpc) is 2.68. The number of morpholine rings is 1. The van der Waals surface area contributed by atoms with Crippen LogP contribution in [-0.4, -0.2) is 50.8 Å². The second kappa shape index (κ2) is 8.09. The minimum Gasteiger partial charge on any atom is -0.379 e. The van der Waals surface area contributed by atoms with E-state index in [1.54, 1.807) is 31.2 Å². The third-order valence-corrected chi connectivity index (χ3v) is 6.43. The maximum absolute atomic E-state index is 13.0. The van der Waals surface area contributed by atoms with Gasteiger partial charge in [-0.15, -0.1) is 0 Å². The Hall–Kier alpha value is -2.75. The van der Waals surface area contributed by atoms with Gasteiger partial charge in [-0.2, -0.15) is 4.31 Å². The fourth-order valence-corrected chi connectivity index (χ4v) is 4.62.